The molecule has 0 fully saturated rings. The number of rotatable bonds is 8. The fraction of sp³-hybridized carbons (Fsp3) is 0.400. The van der Waals surface area contributed by atoms with Crippen molar-refractivity contribution in [2.24, 2.45) is 5.73 Å². The molecule has 0 aliphatic heterocycles. The summed E-state index contributed by atoms with van der Waals surface area (Å²) in [6.45, 7) is 7.80. The molecular formula is C20H27NO3. The molecule has 0 saturated heterocycles. The first-order valence-electron chi connectivity index (χ1n) is 8.25. The molecule has 130 valence electrons. The first-order valence-corrected chi connectivity index (χ1v) is 8.25. The van der Waals surface area contributed by atoms with Crippen LogP contribution in [0.3, 0.4) is 0 Å². The van der Waals surface area contributed by atoms with Crippen molar-refractivity contribution < 1.29 is 14.2 Å². The van der Waals surface area contributed by atoms with Gasteiger partial charge in [-0.2, -0.15) is 0 Å². The summed E-state index contributed by atoms with van der Waals surface area (Å²) < 4.78 is 17.1. The van der Waals surface area contributed by atoms with Gasteiger partial charge in [0, 0.05) is 0 Å². The summed E-state index contributed by atoms with van der Waals surface area (Å²) in [5, 5.41) is 0. The van der Waals surface area contributed by atoms with Crippen molar-refractivity contribution in [1.29, 1.82) is 0 Å². The molecule has 0 bridgehead atoms. The minimum absolute atomic E-state index is 0.457. The zero-order valence-corrected chi connectivity index (χ0v) is 15.0. The summed E-state index contributed by atoms with van der Waals surface area (Å²) in [6, 6.07) is 10.1. The third kappa shape index (κ3) is 4.65. The molecule has 0 aliphatic carbocycles. The van der Waals surface area contributed by atoms with Crippen LogP contribution in [0.1, 0.15) is 22.3 Å². The summed E-state index contributed by atoms with van der Waals surface area (Å²) in [6.07, 6.45) is 0.825. The van der Waals surface area contributed by atoms with Crippen LogP contribution in [0.4, 0.5) is 0 Å². The predicted molar refractivity (Wildman–Crippen MR) is 97.4 cm³/mol. The monoisotopic (exact) mass is 329 g/mol. The normalized spacial score (nSPS) is 10.5. The molecule has 0 aromatic heterocycles. The Bertz CT molecular complexity index is 683. The van der Waals surface area contributed by atoms with Crippen LogP contribution in [0.5, 0.6) is 17.2 Å². The Kier molecular flexibility index (Phi) is 6.50. The molecule has 2 N–H and O–H groups in total. The van der Waals surface area contributed by atoms with Crippen LogP contribution in [-0.2, 0) is 6.42 Å². The molecule has 4 nitrogen and oxygen atoms in total. The summed E-state index contributed by atoms with van der Waals surface area (Å²) in [5.74, 6) is 2.36. The molecule has 0 atom stereocenters. The maximum absolute atomic E-state index is 5.87. The van der Waals surface area contributed by atoms with Crippen LogP contribution in [0, 0.1) is 20.8 Å². The highest BCUT2D eigenvalue weighted by molar-refractivity contribution is 5.43. The van der Waals surface area contributed by atoms with Gasteiger partial charge in [-0.25, -0.2) is 0 Å². The Morgan fingerprint density at radius 3 is 2.25 bits per heavy atom. The molecule has 24 heavy (non-hydrogen) atoms. The van der Waals surface area contributed by atoms with Crippen LogP contribution in [0.2, 0.25) is 0 Å². The first-order chi connectivity index (χ1) is 11.5. The Morgan fingerprint density at radius 2 is 1.58 bits per heavy atom. The largest absolute Gasteiger partial charge is 0.493 e. The fourth-order valence-corrected chi connectivity index (χ4v) is 2.61. The van der Waals surface area contributed by atoms with Gasteiger partial charge in [0.05, 0.1) is 7.11 Å². The van der Waals surface area contributed by atoms with Crippen molar-refractivity contribution >= 4 is 0 Å². The van der Waals surface area contributed by atoms with E-state index in [0.29, 0.717) is 19.8 Å². The molecule has 2 aromatic carbocycles. The van der Waals surface area contributed by atoms with Gasteiger partial charge in [0.2, 0.25) is 0 Å². The summed E-state index contributed by atoms with van der Waals surface area (Å²) in [7, 11) is 1.64. The highest BCUT2D eigenvalue weighted by Gasteiger charge is 2.07. The van der Waals surface area contributed by atoms with Gasteiger partial charge in [0.1, 0.15) is 19.0 Å². The maximum atomic E-state index is 5.87. The fourth-order valence-electron chi connectivity index (χ4n) is 2.61. The van der Waals surface area contributed by atoms with E-state index in [1.807, 2.05) is 18.2 Å². The van der Waals surface area contributed by atoms with Crippen molar-refractivity contribution in [2.75, 3.05) is 26.9 Å². The SMILES string of the molecule is COc1cc(CCN)ccc1OCCOc1cc(C)cc(C)c1C. The molecule has 2 aromatic rings. The Labute approximate surface area is 144 Å². The Hall–Kier alpha value is -2.20. The molecule has 2 rings (SSSR count). The van der Waals surface area contributed by atoms with E-state index in [1.54, 1.807) is 7.11 Å². The Morgan fingerprint density at radius 1 is 0.875 bits per heavy atom. The van der Waals surface area contributed by atoms with Gasteiger partial charge < -0.3 is 19.9 Å². The van der Waals surface area contributed by atoms with Crippen molar-refractivity contribution in [2.45, 2.75) is 27.2 Å². The smallest absolute Gasteiger partial charge is 0.161 e. The number of methoxy groups -OCH3 is 1. The zero-order valence-electron chi connectivity index (χ0n) is 15.0. The number of hydrogen-bond acceptors (Lipinski definition) is 4. The molecule has 0 aliphatic rings. The first kappa shape index (κ1) is 18.1. The van der Waals surface area contributed by atoms with Crippen molar-refractivity contribution in [1.82, 2.24) is 0 Å². The second kappa shape index (κ2) is 8.60. The Balaban J connectivity index is 1.93. The lowest BCUT2D eigenvalue weighted by atomic mass is 10.1. The molecule has 0 heterocycles. The lowest BCUT2D eigenvalue weighted by Crippen LogP contribution is -2.11. The third-order valence-electron chi connectivity index (χ3n) is 4.02. The van der Waals surface area contributed by atoms with Crippen molar-refractivity contribution in [3.8, 4) is 17.2 Å². The van der Waals surface area contributed by atoms with Gasteiger partial charge in [0.15, 0.2) is 11.5 Å². The maximum Gasteiger partial charge on any atom is 0.161 e. The van der Waals surface area contributed by atoms with Crippen LogP contribution in [0.25, 0.3) is 0 Å². The van der Waals surface area contributed by atoms with Crippen LogP contribution in [0.15, 0.2) is 30.3 Å². The van der Waals surface area contributed by atoms with Crippen LogP contribution < -0.4 is 19.9 Å². The standard InChI is InChI=1S/C20H27NO3/c1-14-11-15(2)16(3)19(12-14)24-10-9-23-18-6-5-17(7-8-21)13-20(18)22-4/h5-6,11-13H,7-10,21H2,1-4H3. The highest BCUT2D eigenvalue weighted by Crippen LogP contribution is 2.28. The number of nitrogens with two attached hydrogens (primary N) is 1. The molecule has 0 unspecified atom stereocenters. The number of aryl methyl sites for hydroxylation is 2. The van der Waals surface area contributed by atoms with Gasteiger partial charge >= 0.3 is 0 Å². The lowest BCUT2D eigenvalue weighted by molar-refractivity contribution is 0.210. The molecule has 4 heteroatoms. The number of ether oxygens (including phenoxy) is 3. The highest BCUT2D eigenvalue weighted by atomic mass is 16.5. The molecule has 0 saturated carbocycles. The summed E-state index contributed by atoms with van der Waals surface area (Å²) in [5.41, 5.74) is 10.3. The van der Waals surface area contributed by atoms with Crippen molar-refractivity contribution in [3.05, 3.63) is 52.6 Å². The van der Waals surface area contributed by atoms with Crippen LogP contribution >= 0.6 is 0 Å². The van der Waals surface area contributed by atoms with E-state index in [2.05, 4.69) is 32.9 Å². The average Bonchev–Trinajstić information content (AvgIpc) is 2.56. The van der Waals surface area contributed by atoms with Gasteiger partial charge in [-0.05, 0) is 74.2 Å². The topological polar surface area (TPSA) is 53.7 Å². The van der Waals surface area contributed by atoms with E-state index in [4.69, 9.17) is 19.9 Å². The number of hydrogen-bond donors (Lipinski definition) is 1. The zero-order chi connectivity index (χ0) is 17.5. The van der Waals surface area contributed by atoms with Gasteiger partial charge in [-0.3, -0.25) is 0 Å². The minimum Gasteiger partial charge on any atom is -0.493 e. The third-order valence-corrected chi connectivity index (χ3v) is 4.02. The lowest BCUT2D eigenvalue weighted by Gasteiger charge is -2.14. The predicted octanol–water partition coefficient (Wildman–Crippen LogP) is 3.58. The van der Waals surface area contributed by atoms with Gasteiger partial charge in [0.25, 0.3) is 0 Å². The quantitative estimate of drug-likeness (QED) is 0.752. The van der Waals surface area contributed by atoms with E-state index in [9.17, 15) is 0 Å². The van der Waals surface area contributed by atoms with E-state index >= 15 is 0 Å². The minimum atomic E-state index is 0.457. The molecule has 0 amide bonds. The van der Waals surface area contributed by atoms with E-state index in [-0.39, 0.29) is 0 Å². The average molecular weight is 329 g/mol. The second-order valence-electron chi connectivity index (χ2n) is 5.93. The summed E-state index contributed by atoms with van der Waals surface area (Å²) >= 11 is 0. The molecule has 0 spiro atoms. The van der Waals surface area contributed by atoms with E-state index < -0.39 is 0 Å². The van der Waals surface area contributed by atoms with Crippen LogP contribution in [-0.4, -0.2) is 26.9 Å². The van der Waals surface area contributed by atoms with E-state index in [1.165, 1.54) is 16.7 Å². The van der Waals surface area contributed by atoms with Crippen molar-refractivity contribution in [3.63, 3.8) is 0 Å². The van der Waals surface area contributed by atoms with Gasteiger partial charge in [-0.15, -0.1) is 0 Å². The molecular weight excluding hydrogens is 302 g/mol. The van der Waals surface area contributed by atoms with E-state index in [0.717, 1.165) is 29.2 Å². The van der Waals surface area contributed by atoms with Gasteiger partial charge in [-0.1, -0.05) is 12.1 Å². The molecule has 0 radical (unpaired) electrons. The second-order valence-corrected chi connectivity index (χ2v) is 5.93. The summed E-state index contributed by atoms with van der Waals surface area (Å²) in [4.78, 5) is 0. The number of benzene rings is 2.